The number of rotatable bonds is 1. The summed E-state index contributed by atoms with van der Waals surface area (Å²) in [4.78, 5) is 0. The monoisotopic (exact) mass is 389 g/mol. The Morgan fingerprint density at radius 3 is 1.87 bits per heavy atom. The third-order valence-electron chi connectivity index (χ3n) is 6.32. The van der Waals surface area contributed by atoms with Crippen molar-refractivity contribution >= 4 is 65.7 Å². The Kier molecular flexibility index (Phi) is 2.93. The van der Waals surface area contributed by atoms with E-state index >= 15 is 0 Å². The second kappa shape index (κ2) is 5.45. The summed E-state index contributed by atoms with van der Waals surface area (Å²) < 4.78 is 14.9. The third kappa shape index (κ3) is 1.85. The van der Waals surface area contributed by atoms with Gasteiger partial charge in [0.25, 0.3) is 0 Å². The zero-order valence-corrected chi connectivity index (χ0v) is 16.8. The first kappa shape index (κ1) is 16.1. The van der Waals surface area contributed by atoms with E-state index in [-0.39, 0.29) is 0 Å². The summed E-state index contributed by atoms with van der Waals surface area (Å²) in [5, 5.41) is 7.21. The quantitative estimate of drug-likeness (QED) is 0.283. The lowest BCUT2D eigenvalue weighted by molar-refractivity contribution is 0.642. The van der Waals surface area contributed by atoms with E-state index in [1.165, 1.54) is 32.6 Å². The van der Waals surface area contributed by atoms with Crippen LogP contribution in [-0.4, -0.2) is 4.57 Å². The molecule has 7 aromatic rings. The average Bonchev–Trinajstić information content (AvgIpc) is 3.41. The molecule has 3 nitrogen and oxygen atoms in total. The third-order valence-corrected chi connectivity index (χ3v) is 6.32. The van der Waals surface area contributed by atoms with Crippen molar-refractivity contribution < 1.29 is 8.83 Å². The molecule has 0 N–H and O–H groups in total. The molecular formula is C27H19NO2. The van der Waals surface area contributed by atoms with Gasteiger partial charge in [-0.05, 0) is 50.2 Å². The summed E-state index contributed by atoms with van der Waals surface area (Å²) in [5.41, 5.74) is 6.20. The molecule has 0 aliphatic carbocycles. The average molecular weight is 389 g/mol. The van der Waals surface area contributed by atoms with E-state index < -0.39 is 0 Å². The van der Waals surface area contributed by atoms with Gasteiger partial charge in [-0.25, -0.2) is 0 Å². The molecule has 0 radical (unpaired) electrons. The Labute approximate surface area is 172 Å². The first-order chi connectivity index (χ1) is 14.7. The van der Waals surface area contributed by atoms with Crippen molar-refractivity contribution in [3.8, 4) is 0 Å². The van der Waals surface area contributed by atoms with Gasteiger partial charge in [-0.1, -0.05) is 36.4 Å². The van der Waals surface area contributed by atoms with Crippen LogP contribution in [0.1, 0.15) is 19.9 Å². The van der Waals surface area contributed by atoms with E-state index in [2.05, 4.69) is 66.9 Å². The van der Waals surface area contributed by atoms with Gasteiger partial charge in [0.2, 0.25) is 0 Å². The highest BCUT2D eigenvalue weighted by molar-refractivity contribution is 6.31. The normalized spacial score (nSPS) is 12.6. The lowest BCUT2D eigenvalue weighted by Gasteiger charge is -2.12. The van der Waals surface area contributed by atoms with Crippen LogP contribution in [-0.2, 0) is 0 Å². The smallest absolute Gasteiger partial charge is 0.137 e. The second-order valence-electron chi connectivity index (χ2n) is 8.33. The molecule has 4 aromatic carbocycles. The SMILES string of the molecule is CC(C)n1c2ccc3oc4ccccc4c3c2c2ccc3oc4ccccc4c3c21. The van der Waals surface area contributed by atoms with E-state index in [0.29, 0.717) is 6.04 Å². The molecule has 0 unspecified atom stereocenters. The molecule has 0 bridgehead atoms. The number of furan rings is 2. The van der Waals surface area contributed by atoms with Gasteiger partial charge in [0.05, 0.1) is 16.4 Å². The number of aromatic nitrogens is 1. The molecule has 0 amide bonds. The standard InChI is InChI=1S/C27H19NO2/c1-15(2)28-19-12-14-22-25(16-7-3-5-9-20(16)29-22)24(19)18-11-13-23-26(27(18)28)17-8-4-6-10-21(17)30-23/h3-15H,1-2H3. The summed E-state index contributed by atoms with van der Waals surface area (Å²) in [6.45, 7) is 4.50. The summed E-state index contributed by atoms with van der Waals surface area (Å²) >= 11 is 0. The van der Waals surface area contributed by atoms with Crippen LogP contribution in [0.3, 0.4) is 0 Å². The van der Waals surface area contributed by atoms with Gasteiger partial charge < -0.3 is 13.4 Å². The first-order valence-corrected chi connectivity index (χ1v) is 10.4. The van der Waals surface area contributed by atoms with Crippen molar-refractivity contribution in [2.45, 2.75) is 19.9 Å². The summed E-state index contributed by atoms with van der Waals surface area (Å²) in [5.74, 6) is 0. The van der Waals surface area contributed by atoms with Crippen LogP contribution >= 0.6 is 0 Å². The predicted molar refractivity (Wildman–Crippen MR) is 124 cm³/mol. The minimum Gasteiger partial charge on any atom is -0.456 e. The van der Waals surface area contributed by atoms with Crippen LogP contribution in [0.25, 0.3) is 65.7 Å². The summed E-state index contributed by atoms with van der Waals surface area (Å²) in [6.07, 6.45) is 0. The van der Waals surface area contributed by atoms with Crippen LogP contribution < -0.4 is 0 Å². The van der Waals surface area contributed by atoms with Gasteiger partial charge in [-0.3, -0.25) is 0 Å². The molecule has 3 heteroatoms. The molecule has 0 aliphatic heterocycles. The highest BCUT2D eigenvalue weighted by atomic mass is 16.3. The van der Waals surface area contributed by atoms with Crippen molar-refractivity contribution in [3.63, 3.8) is 0 Å². The molecule has 0 fully saturated rings. The maximum atomic E-state index is 6.20. The minimum atomic E-state index is 0.305. The molecule has 0 saturated carbocycles. The van der Waals surface area contributed by atoms with E-state index in [4.69, 9.17) is 8.83 Å². The van der Waals surface area contributed by atoms with Crippen LogP contribution in [0.15, 0.2) is 81.6 Å². The molecular weight excluding hydrogens is 370 g/mol. The summed E-state index contributed by atoms with van der Waals surface area (Å²) in [7, 11) is 0. The lowest BCUT2D eigenvalue weighted by atomic mass is 10.0. The van der Waals surface area contributed by atoms with Gasteiger partial charge in [0, 0.05) is 33.0 Å². The van der Waals surface area contributed by atoms with E-state index in [1.54, 1.807) is 0 Å². The predicted octanol–water partition coefficient (Wildman–Crippen LogP) is 8.17. The van der Waals surface area contributed by atoms with Crippen LogP contribution in [0, 0.1) is 0 Å². The highest BCUT2D eigenvalue weighted by Crippen LogP contribution is 2.44. The van der Waals surface area contributed by atoms with Crippen LogP contribution in [0.4, 0.5) is 0 Å². The number of nitrogens with zero attached hydrogens (tertiary/aromatic N) is 1. The minimum absolute atomic E-state index is 0.305. The molecule has 0 spiro atoms. The second-order valence-corrected chi connectivity index (χ2v) is 8.33. The van der Waals surface area contributed by atoms with Crippen molar-refractivity contribution in [3.05, 3.63) is 72.8 Å². The summed E-state index contributed by atoms with van der Waals surface area (Å²) in [6, 6.07) is 25.6. The molecule has 0 aliphatic rings. The Morgan fingerprint density at radius 1 is 0.567 bits per heavy atom. The Balaban J connectivity index is 1.84. The van der Waals surface area contributed by atoms with E-state index in [0.717, 1.165) is 33.1 Å². The van der Waals surface area contributed by atoms with E-state index in [1.807, 2.05) is 24.3 Å². The first-order valence-electron chi connectivity index (χ1n) is 10.4. The zero-order valence-electron chi connectivity index (χ0n) is 16.8. The molecule has 3 aromatic heterocycles. The number of hydrogen-bond donors (Lipinski definition) is 0. The topological polar surface area (TPSA) is 31.2 Å². The number of benzene rings is 4. The molecule has 0 saturated heterocycles. The number of hydrogen-bond acceptors (Lipinski definition) is 2. The van der Waals surface area contributed by atoms with Gasteiger partial charge in [-0.2, -0.15) is 0 Å². The number of fused-ring (bicyclic) bond motifs is 11. The molecule has 30 heavy (non-hydrogen) atoms. The highest BCUT2D eigenvalue weighted by Gasteiger charge is 2.22. The van der Waals surface area contributed by atoms with Crippen molar-refractivity contribution in [2.75, 3.05) is 0 Å². The maximum Gasteiger partial charge on any atom is 0.137 e. The van der Waals surface area contributed by atoms with Crippen molar-refractivity contribution in [1.82, 2.24) is 4.57 Å². The number of para-hydroxylation sites is 2. The molecule has 7 rings (SSSR count). The lowest BCUT2D eigenvalue weighted by Crippen LogP contribution is -2.00. The molecule has 3 heterocycles. The molecule has 144 valence electrons. The fourth-order valence-electron chi connectivity index (χ4n) is 5.19. The Hall–Kier alpha value is -3.72. The van der Waals surface area contributed by atoms with Crippen LogP contribution in [0.2, 0.25) is 0 Å². The fraction of sp³-hybridized carbons (Fsp3) is 0.111. The van der Waals surface area contributed by atoms with Gasteiger partial charge in [-0.15, -0.1) is 0 Å². The fourth-order valence-corrected chi connectivity index (χ4v) is 5.19. The maximum absolute atomic E-state index is 6.20. The van der Waals surface area contributed by atoms with Gasteiger partial charge in [0.1, 0.15) is 22.3 Å². The Morgan fingerprint density at radius 2 is 1.17 bits per heavy atom. The van der Waals surface area contributed by atoms with Crippen molar-refractivity contribution in [2.24, 2.45) is 0 Å². The zero-order chi connectivity index (χ0) is 20.0. The Bertz CT molecular complexity index is 1780. The largest absolute Gasteiger partial charge is 0.456 e. The van der Waals surface area contributed by atoms with Gasteiger partial charge >= 0.3 is 0 Å². The van der Waals surface area contributed by atoms with Crippen molar-refractivity contribution in [1.29, 1.82) is 0 Å². The molecule has 0 atom stereocenters. The van der Waals surface area contributed by atoms with Crippen LogP contribution in [0.5, 0.6) is 0 Å². The van der Waals surface area contributed by atoms with Gasteiger partial charge in [0.15, 0.2) is 0 Å². The van der Waals surface area contributed by atoms with E-state index in [9.17, 15) is 0 Å².